The molecule has 0 spiro atoms. The molecule has 3 unspecified atom stereocenters. The van der Waals surface area contributed by atoms with Gasteiger partial charge in [-0.2, -0.15) is 5.10 Å². The molecule has 2 rings (SSSR count). The molecule has 3 atom stereocenters. The van der Waals surface area contributed by atoms with Gasteiger partial charge in [0.1, 0.15) is 0 Å². The minimum atomic E-state index is -0.231. The Balaban J connectivity index is 2.05. The molecule has 0 saturated heterocycles. The first-order valence-corrected chi connectivity index (χ1v) is 7.14. The van der Waals surface area contributed by atoms with E-state index in [0.29, 0.717) is 12.3 Å². The molecule has 3 nitrogen and oxygen atoms in total. The van der Waals surface area contributed by atoms with Gasteiger partial charge in [-0.15, -0.1) is 0 Å². The summed E-state index contributed by atoms with van der Waals surface area (Å²) in [5, 5.41) is 14.7. The van der Waals surface area contributed by atoms with E-state index in [1.165, 1.54) is 6.42 Å². The highest BCUT2D eigenvalue weighted by molar-refractivity contribution is 9.10. The number of aliphatic hydroxyl groups is 1. The Bertz CT molecular complexity index is 402. The number of hydrogen-bond acceptors (Lipinski definition) is 2. The maximum atomic E-state index is 10.3. The van der Waals surface area contributed by atoms with Gasteiger partial charge in [-0.25, -0.2) is 0 Å². The van der Waals surface area contributed by atoms with E-state index in [0.717, 1.165) is 34.6 Å². The smallest absolute Gasteiger partial charge is 0.0738 e. The van der Waals surface area contributed by atoms with E-state index in [1.54, 1.807) is 0 Å². The van der Waals surface area contributed by atoms with E-state index in [4.69, 9.17) is 0 Å². The van der Waals surface area contributed by atoms with E-state index < -0.39 is 0 Å². The Morgan fingerprint density at radius 1 is 1.53 bits per heavy atom. The molecule has 4 heteroatoms. The van der Waals surface area contributed by atoms with Crippen LogP contribution in [0.4, 0.5) is 0 Å². The number of aryl methyl sites for hydroxylation is 2. The summed E-state index contributed by atoms with van der Waals surface area (Å²) in [6, 6.07) is 0. The molecule has 1 aliphatic carbocycles. The van der Waals surface area contributed by atoms with Crippen molar-refractivity contribution in [2.24, 2.45) is 18.9 Å². The van der Waals surface area contributed by atoms with Crippen LogP contribution >= 0.6 is 15.9 Å². The third-order valence-corrected chi connectivity index (χ3v) is 4.98. The van der Waals surface area contributed by atoms with Crippen LogP contribution in [0.1, 0.15) is 37.6 Å². The van der Waals surface area contributed by atoms with E-state index >= 15 is 0 Å². The summed E-state index contributed by atoms with van der Waals surface area (Å²) in [6.45, 7) is 4.26. The molecule has 1 N–H and O–H groups in total. The Hall–Kier alpha value is -0.350. The average molecular weight is 301 g/mol. The molecule has 0 bridgehead atoms. The summed E-state index contributed by atoms with van der Waals surface area (Å²) in [5.41, 5.74) is 2.10. The van der Waals surface area contributed by atoms with Crippen molar-refractivity contribution in [1.82, 2.24) is 9.78 Å². The first-order valence-electron chi connectivity index (χ1n) is 6.35. The fourth-order valence-corrected chi connectivity index (χ4v) is 3.36. The van der Waals surface area contributed by atoms with Gasteiger partial charge in [-0.3, -0.25) is 4.68 Å². The summed E-state index contributed by atoms with van der Waals surface area (Å²) in [6.07, 6.45) is 4.06. The molecule has 1 fully saturated rings. The summed E-state index contributed by atoms with van der Waals surface area (Å²) < 4.78 is 2.92. The maximum absolute atomic E-state index is 10.3. The average Bonchev–Trinajstić information content (AvgIpc) is 2.79. The molecule has 0 aliphatic heterocycles. The molecule has 17 heavy (non-hydrogen) atoms. The normalized spacial score (nSPS) is 26.4. The van der Waals surface area contributed by atoms with Crippen LogP contribution in [0.2, 0.25) is 0 Å². The third kappa shape index (κ3) is 2.74. The molecule has 1 aliphatic rings. The number of aliphatic hydroxyl groups excluding tert-OH is 1. The maximum Gasteiger partial charge on any atom is 0.0738 e. The molecule has 0 amide bonds. The minimum absolute atomic E-state index is 0.231. The minimum Gasteiger partial charge on any atom is -0.392 e. The van der Waals surface area contributed by atoms with Gasteiger partial charge in [0.25, 0.3) is 0 Å². The topological polar surface area (TPSA) is 38.0 Å². The zero-order chi connectivity index (χ0) is 12.6. The van der Waals surface area contributed by atoms with Crippen LogP contribution in [-0.2, 0) is 13.5 Å². The largest absolute Gasteiger partial charge is 0.392 e. The van der Waals surface area contributed by atoms with Gasteiger partial charge < -0.3 is 5.11 Å². The van der Waals surface area contributed by atoms with Crippen LogP contribution in [0.3, 0.4) is 0 Å². The van der Waals surface area contributed by atoms with E-state index in [-0.39, 0.29) is 6.10 Å². The highest BCUT2D eigenvalue weighted by Gasteiger charge is 2.28. The van der Waals surface area contributed by atoms with Crippen molar-refractivity contribution in [2.75, 3.05) is 0 Å². The lowest BCUT2D eigenvalue weighted by molar-refractivity contribution is 0.107. The number of rotatable bonds is 3. The molecular weight excluding hydrogens is 280 g/mol. The van der Waals surface area contributed by atoms with Crippen molar-refractivity contribution >= 4 is 15.9 Å². The predicted octanol–water partition coefficient (Wildman–Crippen LogP) is 2.83. The number of halogens is 1. The Morgan fingerprint density at radius 2 is 2.24 bits per heavy atom. The summed E-state index contributed by atoms with van der Waals surface area (Å²) in [4.78, 5) is 0. The van der Waals surface area contributed by atoms with Gasteiger partial charge >= 0.3 is 0 Å². The lowest BCUT2D eigenvalue weighted by Gasteiger charge is -2.18. The van der Waals surface area contributed by atoms with Crippen LogP contribution < -0.4 is 0 Å². The lowest BCUT2D eigenvalue weighted by Crippen LogP contribution is -2.22. The molecule has 0 radical (unpaired) electrons. The van der Waals surface area contributed by atoms with Gasteiger partial charge in [0.15, 0.2) is 0 Å². The molecule has 1 aromatic heterocycles. The number of nitrogens with zero attached hydrogens (tertiary/aromatic N) is 2. The van der Waals surface area contributed by atoms with Gasteiger partial charge in [0.2, 0.25) is 0 Å². The van der Waals surface area contributed by atoms with Gasteiger partial charge in [-0.05, 0) is 47.5 Å². The van der Waals surface area contributed by atoms with Crippen molar-refractivity contribution in [3.05, 3.63) is 15.9 Å². The monoisotopic (exact) mass is 300 g/mol. The van der Waals surface area contributed by atoms with E-state index in [1.807, 2.05) is 18.7 Å². The van der Waals surface area contributed by atoms with E-state index in [9.17, 15) is 5.11 Å². The highest BCUT2D eigenvalue weighted by atomic mass is 79.9. The second kappa shape index (κ2) is 5.11. The van der Waals surface area contributed by atoms with Crippen LogP contribution in [0, 0.1) is 18.8 Å². The molecule has 1 saturated carbocycles. The van der Waals surface area contributed by atoms with E-state index in [2.05, 4.69) is 28.0 Å². The van der Waals surface area contributed by atoms with Gasteiger partial charge in [0, 0.05) is 13.5 Å². The second-order valence-corrected chi connectivity index (χ2v) is 6.21. The predicted molar refractivity (Wildman–Crippen MR) is 71.9 cm³/mol. The fraction of sp³-hybridized carbons (Fsp3) is 0.769. The van der Waals surface area contributed by atoms with Crippen LogP contribution in [0.15, 0.2) is 4.47 Å². The van der Waals surface area contributed by atoms with Gasteiger partial charge in [0.05, 0.1) is 22.0 Å². The van der Waals surface area contributed by atoms with Crippen LogP contribution in [0.25, 0.3) is 0 Å². The standard InChI is InChI=1S/C13H21BrN2O/c1-8-4-5-10(6-8)12(17)7-11-13(14)9(2)15-16(11)3/h8,10,12,17H,4-7H2,1-3H3. The first kappa shape index (κ1) is 13.1. The van der Waals surface area contributed by atoms with Crippen molar-refractivity contribution in [3.63, 3.8) is 0 Å². The lowest BCUT2D eigenvalue weighted by atomic mass is 9.96. The summed E-state index contributed by atoms with van der Waals surface area (Å²) >= 11 is 3.56. The Morgan fingerprint density at radius 3 is 2.71 bits per heavy atom. The fourth-order valence-electron chi connectivity index (χ4n) is 2.87. The molecule has 96 valence electrons. The zero-order valence-electron chi connectivity index (χ0n) is 10.8. The SMILES string of the molecule is Cc1nn(C)c(CC(O)C2CCC(C)C2)c1Br. The molecule has 1 aromatic rings. The number of aromatic nitrogens is 2. The highest BCUT2D eigenvalue weighted by Crippen LogP contribution is 2.34. The zero-order valence-corrected chi connectivity index (χ0v) is 12.4. The van der Waals surface area contributed by atoms with Crippen molar-refractivity contribution in [1.29, 1.82) is 0 Å². The summed E-state index contributed by atoms with van der Waals surface area (Å²) in [7, 11) is 1.94. The van der Waals surface area contributed by atoms with Crippen LogP contribution in [-0.4, -0.2) is 21.0 Å². The first-order chi connectivity index (χ1) is 7.99. The second-order valence-electron chi connectivity index (χ2n) is 5.42. The van der Waals surface area contributed by atoms with Crippen LogP contribution in [0.5, 0.6) is 0 Å². The van der Waals surface area contributed by atoms with Crippen molar-refractivity contribution in [2.45, 2.75) is 45.6 Å². The molecular formula is C13H21BrN2O. The van der Waals surface area contributed by atoms with Gasteiger partial charge in [-0.1, -0.05) is 13.3 Å². The molecule has 1 heterocycles. The van der Waals surface area contributed by atoms with Crippen molar-refractivity contribution < 1.29 is 5.11 Å². The Kier molecular flexibility index (Phi) is 3.93. The number of hydrogen-bond donors (Lipinski definition) is 1. The van der Waals surface area contributed by atoms with Crippen molar-refractivity contribution in [3.8, 4) is 0 Å². The summed E-state index contributed by atoms with van der Waals surface area (Å²) in [5.74, 6) is 1.23. The quantitative estimate of drug-likeness (QED) is 0.932. The molecule has 0 aromatic carbocycles. The third-order valence-electron chi connectivity index (χ3n) is 3.94. The Labute approximate surface area is 111 Å².